The molecular weight excluding hydrogens is 496 g/mol. The molecular formula is C32H23F2N3O2. The quantitative estimate of drug-likeness (QED) is 0.205. The molecule has 0 aliphatic heterocycles. The summed E-state index contributed by atoms with van der Waals surface area (Å²) in [5.41, 5.74) is 9.55. The molecule has 2 amide bonds. The van der Waals surface area contributed by atoms with Crippen molar-refractivity contribution in [2.24, 2.45) is 0 Å². The SMILES string of the molecule is Nc1cc(C(=O)Nc2cccc(-c3ccccc3F)c2)cc(C(=O)Nc2cccc(-c3ccccc3F)c2)c1. The molecule has 0 fully saturated rings. The van der Waals surface area contributed by atoms with Crippen molar-refractivity contribution in [1.82, 2.24) is 0 Å². The number of hydrogen-bond acceptors (Lipinski definition) is 3. The van der Waals surface area contributed by atoms with E-state index in [2.05, 4.69) is 10.6 Å². The fourth-order valence-corrected chi connectivity index (χ4v) is 4.24. The summed E-state index contributed by atoms with van der Waals surface area (Å²) in [6.07, 6.45) is 0. The lowest BCUT2D eigenvalue weighted by Crippen LogP contribution is -2.16. The molecule has 0 aromatic heterocycles. The molecule has 0 aliphatic rings. The molecule has 7 heteroatoms. The van der Waals surface area contributed by atoms with Crippen LogP contribution in [0.1, 0.15) is 20.7 Å². The number of carbonyl (C=O) groups is 2. The van der Waals surface area contributed by atoms with Gasteiger partial charge in [0.05, 0.1) is 0 Å². The smallest absolute Gasteiger partial charge is 0.255 e. The highest BCUT2D eigenvalue weighted by atomic mass is 19.1. The van der Waals surface area contributed by atoms with Crippen LogP contribution in [0.25, 0.3) is 22.3 Å². The Morgan fingerprint density at radius 1 is 0.538 bits per heavy atom. The van der Waals surface area contributed by atoms with Gasteiger partial charge in [0.15, 0.2) is 0 Å². The third-order valence-corrected chi connectivity index (χ3v) is 6.09. The van der Waals surface area contributed by atoms with Crippen molar-refractivity contribution >= 4 is 28.9 Å². The molecule has 0 atom stereocenters. The summed E-state index contributed by atoms with van der Waals surface area (Å²) >= 11 is 0. The predicted octanol–water partition coefficient (Wildman–Crippen LogP) is 7.39. The van der Waals surface area contributed by atoms with Gasteiger partial charge in [0, 0.05) is 39.3 Å². The van der Waals surface area contributed by atoms with Gasteiger partial charge in [0.25, 0.3) is 11.8 Å². The Labute approximate surface area is 223 Å². The number of amides is 2. The topological polar surface area (TPSA) is 84.2 Å². The Morgan fingerprint density at radius 3 is 1.41 bits per heavy atom. The third kappa shape index (κ3) is 5.83. The Balaban J connectivity index is 1.34. The fourth-order valence-electron chi connectivity index (χ4n) is 4.24. The minimum atomic E-state index is -0.483. The van der Waals surface area contributed by atoms with Crippen LogP contribution in [0.4, 0.5) is 25.8 Å². The summed E-state index contributed by atoms with van der Waals surface area (Å²) in [5, 5.41) is 5.56. The van der Waals surface area contributed by atoms with Crippen LogP contribution in [0.3, 0.4) is 0 Å². The van der Waals surface area contributed by atoms with Crippen molar-refractivity contribution in [3.63, 3.8) is 0 Å². The minimum absolute atomic E-state index is 0.177. The zero-order valence-corrected chi connectivity index (χ0v) is 20.6. The van der Waals surface area contributed by atoms with E-state index in [1.54, 1.807) is 84.9 Å². The second kappa shape index (κ2) is 11.0. The van der Waals surface area contributed by atoms with Crippen LogP contribution < -0.4 is 16.4 Å². The van der Waals surface area contributed by atoms with Crippen LogP contribution in [-0.2, 0) is 0 Å². The predicted molar refractivity (Wildman–Crippen MR) is 150 cm³/mol. The van der Waals surface area contributed by atoms with Crippen molar-refractivity contribution in [3.05, 3.63) is 138 Å². The maximum Gasteiger partial charge on any atom is 0.255 e. The molecule has 0 saturated heterocycles. The first kappa shape index (κ1) is 25.4. The summed E-state index contributed by atoms with van der Waals surface area (Å²) in [6.45, 7) is 0. The van der Waals surface area contributed by atoms with Crippen LogP contribution in [-0.4, -0.2) is 11.8 Å². The van der Waals surface area contributed by atoms with Crippen molar-refractivity contribution in [3.8, 4) is 22.3 Å². The Hall–Kier alpha value is -5.30. The van der Waals surface area contributed by atoms with Crippen LogP contribution in [0.2, 0.25) is 0 Å². The number of rotatable bonds is 6. The highest BCUT2D eigenvalue weighted by Gasteiger charge is 2.15. The number of benzene rings is 5. The monoisotopic (exact) mass is 519 g/mol. The van der Waals surface area contributed by atoms with Gasteiger partial charge in [-0.2, -0.15) is 0 Å². The number of hydrogen-bond donors (Lipinski definition) is 3. The molecule has 4 N–H and O–H groups in total. The van der Waals surface area contributed by atoms with Crippen LogP contribution in [0.15, 0.2) is 115 Å². The number of anilines is 3. The molecule has 0 heterocycles. The molecule has 39 heavy (non-hydrogen) atoms. The van der Waals surface area contributed by atoms with Gasteiger partial charge in [-0.15, -0.1) is 0 Å². The summed E-state index contributed by atoms with van der Waals surface area (Å²) < 4.78 is 28.5. The largest absolute Gasteiger partial charge is 0.399 e. The van der Waals surface area contributed by atoms with E-state index in [0.717, 1.165) is 0 Å². The highest BCUT2D eigenvalue weighted by Crippen LogP contribution is 2.27. The number of nitrogens with two attached hydrogens (primary N) is 1. The first-order valence-electron chi connectivity index (χ1n) is 12.1. The molecule has 5 aromatic carbocycles. The standard InChI is InChI=1S/C32H23F2N3O2/c33-29-13-3-1-11-27(29)20-7-5-9-25(18-20)36-31(38)22-15-23(17-24(35)16-22)32(39)37-26-10-6-8-21(19-26)28-12-2-4-14-30(28)34/h1-19H,35H2,(H,36,38)(H,37,39). The van der Waals surface area contributed by atoms with Gasteiger partial charge in [-0.3, -0.25) is 9.59 Å². The molecule has 0 spiro atoms. The maximum absolute atomic E-state index is 14.2. The van der Waals surface area contributed by atoms with E-state index in [1.807, 2.05) is 0 Å². The summed E-state index contributed by atoms with van der Waals surface area (Å²) in [4.78, 5) is 26.1. The normalized spacial score (nSPS) is 10.6. The van der Waals surface area contributed by atoms with E-state index < -0.39 is 11.8 Å². The zero-order valence-electron chi connectivity index (χ0n) is 20.6. The van der Waals surface area contributed by atoms with E-state index in [4.69, 9.17) is 5.73 Å². The van der Waals surface area contributed by atoms with E-state index in [9.17, 15) is 18.4 Å². The van der Waals surface area contributed by atoms with Crippen LogP contribution in [0.5, 0.6) is 0 Å². The van der Waals surface area contributed by atoms with Crippen molar-refractivity contribution in [2.45, 2.75) is 0 Å². The molecule has 5 rings (SSSR count). The number of halogens is 2. The lowest BCUT2D eigenvalue weighted by Gasteiger charge is -2.11. The minimum Gasteiger partial charge on any atom is -0.399 e. The maximum atomic E-state index is 14.2. The summed E-state index contributed by atoms with van der Waals surface area (Å²) in [5.74, 6) is -1.70. The van der Waals surface area contributed by atoms with E-state index in [-0.39, 0.29) is 28.4 Å². The first-order valence-corrected chi connectivity index (χ1v) is 12.1. The molecule has 0 aliphatic carbocycles. The average Bonchev–Trinajstić information content (AvgIpc) is 2.93. The van der Waals surface area contributed by atoms with Gasteiger partial charge in [-0.05, 0) is 65.7 Å². The number of carbonyl (C=O) groups excluding carboxylic acids is 2. The molecule has 5 nitrogen and oxygen atoms in total. The molecule has 0 radical (unpaired) electrons. The van der Waals surface area contributed by atoms with Gasteiger partial charge in [-0.25, -0.2) is 8.78 Å². The number of nitrogens with one attached hydrogen (secondary N) is 2. The Morgan fingerprint density at radius 2 is 0.974 bits per heavy atom. The van der Waals surface area contributed by atoms with Gasteiger partial charge >= 0.3 is 0 Å². The lowest BCUT2D eigenvalue weighted by atomic mass is 10.0. The van der Waals surface area contributed by atoms with E-state index >= 15 is 0 Å². The van der Waals surface area contributed by atoms with E-state index in [0.29, 0.717) is 33.6 Å². The Kier molecular flexibility index (Phi) is 7.14. The van der Waals surface area contributed by atoms with E-state index in [1.165, 1.54) is 30.3 Å². The van der Waals surface area contributed by atoms with Crippen LogP contribution >= 0.6 is 0 Å². The average molecular weight is 520 g/mol. The molecule has 5 aromatic rings. The molecule has 0 saturated carbocycles. The van der Waals surface area contributed by atoms with Gasteiger partial charge in [0.1, 0.15) is 11.6 Å². The zero-order chi connectivity index (χ0) is 27.4. The highest BCUT2D eigenvalue weighted by molar-refractivity contribution is 6.09. The number of nitrogen functional groups attached to an aromatic ring is 1. The second-order valence-corrected chi connectivity index (χ2v) is 8.87. The molecule has 0 bridgehead atoms. The van der Waals surface area contributed by atoms with Crippen LogP contribution in [0, 0.1) is 11.6 Å². The molecule has 0 unspecified atom stereocenters. The van der Waals surface area contributed by atoms with Gasteiger partial charge in [0.2, 0.25) is 0 Å². The van der Waals surface area contributed by atoms with Gasteiger partial charge < -0.3 is 16.4 Å². The lowest BCUT2D eigenvalue weighted by molar-refractivity contribution is 0.102. The van der Waals surface area contributed by atoms with Crippen molar-refractivity contribution in [2.75, 3.05) is 16.4 Å². The molecule has 192 valence electrons. The van der Waals surface area contributed by atoms with Crippen molar-refractivity contribution in [1.29, 1.82) is 0 Å². The first-order chi connectivity index (χ1) is 18.9. The third-order valence-electron chi connectivity index (χ3n) is 6.09. The Bertz CT molecular complexity index is 1580. The summed E-state index contributed by atoms with van der Waals surface area (Å²) in [7, 11) is 0. The van der Waals surface area contributed by atoms with Gasteiger partial charge in [-0.1, -0.05) is 60.7 Å². The fraction of sp³-hybridized carbons (Fsp3) is 0. The van der Waals surface area contributed by atoms with Crippen molar-refractivity contribution < 1.29 is 18.4 Å². The summed E-state index contributed by atoms with van der Waals surface area (Å²) in [6, 6.07) is 30.7. The second-order valence-electron chi connectivity index (χ2n) is 8.87.